The number of fused-ring (bicyclic) bond motifs is 2. The molecule has 3 aromatic heterocycles. The lowest BCUT2D eigenvalue weighted by Gasteiger charge is -2.16. The second-order valence-corrected chi connectivity index (χ2v) is 9.27. The summed E-state index contributed by atoms with van der Waals surface area (Å²) >= 11 is 0. The predicted octanol–water partition coefficient (Wildman–Crippen LogP) is 7.21. The lowest BCUT2D eigenvalue weighted by molar-refractivity contribution is 0.459. The van der Waals surface area contributed by atoms with Gasteiger partial charge in [0.2, 0.25) is 11.8 Å². The van der Waals surface area contributed by atoms with E-state index in [0.29, 0.717) is 17.4 Å². The first-order valence-corrected chi connectivity index (χ1v) is 12.2. The van der Waals surface area contributed by atoms with E-state index in [1.807, 2.05) is 48.4 Å². The summed E-state index contributed by atoms with van der Waals surface area (Å²) in [7, 11) is 1.95. The van der Waals surface area contributed by atoms with Gasteiger partial charge in [0.1, 0.15) is 11.3 Å². The van der Waals surface area contributed by atoms with Crippen molar-refractivity contribution in [3.05, 3.63) is 102 Å². The van der Waals surface area contributed by atoms with Gasteiger partial charge in [-0.1, -0.05) is 18.2 Å². The average Bonchev–Trinajstić information content (AvgIpc) is 3.31. The van der Waals surface area contributed by atoms with Crippen molar-refractivity contribution in [3.63, 3.8) is 0 Å². The highest BCUT2D eigenvalue weighted by Crippen LogP contribution is 2.37. The van der Waals surface area contributed by atoms with E-state index in [1.54, 1.807) is 12.1 Å². The Balaban J connectivity index is 1.39. The number of ether oxygens (including phenoxy) is 1. The van der Waals surface area contributed by atoms with Crippen LogP contribution in [0.2, 0.25) is 0 Å². The number of aryl methyl sites for hydroxylation is 3. The maximum atomic E-state index is 9.07. The van der Waals surface area contributed by atoms with E-state index in [1.165, 1.54) is 0 Å². The summed E-state index contributed by atoms with van der Waals surface area (Å²) in [5.74, 6) is 1.65. The van der Waals surface area contributed by atoms with Gasteiger partial charge in [0.15, 0.2) is 0 Å². The van der Waals surface area contributed by atoms with E-state index in [4.69, 9.17) is 15.0 Å². The Labute approximate surface area is 220 Å². The Morgan fingerprint density at radius 1 is 0.947 bits per heavy atom. The summed E-state index contributed by atoms with van der Waals surface area (Å²) in [6.45, 7) is 4.11. The zero-order valence-corrected chi connectivity index (χ0v) is 21.2. The zero-order valence-electron chi connectivity index (χ0n) is 21.2. The molecule has 0 fully saturated rings. The number of nitriles is 1. The van der Waals surface area contributed by atoms with E-state index in [0.717, 1.165) is 55.5 Å². The monoisotopic (exact) mass is 496 g/mol. The van der Waals surface area contributed by atoms with E-state index >= 15 is 0 Å². The number of rotatable bonds is 5. The fourth-order valence-electron chi connectivity index (χ4n) is 4.78. The van der Waals surface area contributed by atoms with E-state index in [9.17, 15) is 0 Å². The molecule has 3 heterocycles. The zero-order chi connectivity index (χ0) is 26.2. The minimum Gasteiger partial charge on any atom is -0.436 e. The molecule has 0 bridgehead atoms. The standard InChI is InChI=1S/C31H24N6O/c1-19-15-23(25-6-4-5-22-18-33-13-11-26(22)25)16-20(2)29(19)38-30-28-27(12-14-37(28)3)35-31(36-30)34-24-9-7-21(17-32)8-10-24/h4-16,18H,1-3H3,(H,34,35,36). The van der Waals surface area contributed by atoms with Crippen LogP contribution in [0, 0.1) is 25.2 Å². The summed E-state index contributed by atoms with van der Waals surface area (Å²) in [6, 6.07) is 23.8. The topological polar surface area (TPSA) is 88.7 Å². The first-order valence-electron chi connectivity index (χ1n) is 12.2. The van der Waals surface area contributed by atoms with Crippen molar-refractivity contribution in [2.45, 2.75) is 13.8 Å². The van der Waals surface area contributed by atoms with Crippen molar-refractivity contribution in [1.82, 2.24) is 19.5 Å². The Bertz CT molecular complexity index is 1840. The minimum absolute atomic E-state index is 0.416. The predicted molar refractivity (Wildman–Crippen MR) is 150 cm³/mol. The third-order valence-corrected chi connectivity index (χ3v) is 6.61. The van der Waals surface area contributed by atoms with Crippen LogP contribution < -0.4 is 10.1 Å². The molecule has 1 N–H and O–H groups in total. The van der Waals surface area contributed by atoms with E-state index in [2.05, 4.69) is 71.6 Å². The highest BCUT2D eigenvalue weighted by atomic mass is 16.5. The van der Waals surface area contributed by atoms with Gasteiger partial charge in [-0.25, -0.2) is 4.98 Å². The molecule has 6 aromatic rings. The van der Waals surface area contributed by atoms with Gasteiger partial charge in [-0.15, -0.1) is 0 Å². The number of nitrogens with one attached hydrogen (secondary N) is 1. The van der Waals surface area contributed by atoms with Crippen molar-refractivity contribution >= 4 is 33.4 Å². The molecule has 184 valence electrons. The molecule has 0 radical (unpaired) electrons. The fourth-order valence-corrected chi connectivity index (χ4v) is 4.78. The molecule has 0 saturated carbocycles. The van der Waals surface area contributed by atoms with E-state index < -0.39 is 0 Å². The van der Waals surface area contributed by atoms with Crippen LogP contribution in [0.1, 0.15) is 16.7 Å². The first-order chi connectivity index (χ1) is 18.5. The largest absolute Gasteiger partial charge is 0.436 e. The Kier molecular flexibility index (Phi) is 5.70. The number of hydrogen-bond donors (Lipinski definition) is 1. The van der Waals surface area contributed by atoms with Gasteiger partial charge in [-0.2, -0.15) is 10.2 Å². The van der Waals surface area contributed by atoms with Gasteiger partial charge >= 0.3 is 0 Å². The van der Waals surface area contributed by atoms with Crippen LogP contribution >= 0.6 is 0 Å². The highest BCUT2D eigenvalue weighted by molar-refractivity contribution is 5.96. The molecule has 6 rings (SSSR count). The third-order valence-electron chi connectivity index (χ3n) is 6.61. The molecule has 0 spiro atoms. The third kappa shape index (κ3) is 4.18. The van der Waals surface area contributed by atoms with Crippen molar-refractivity contribution in [3.8, 4) is 28.8 Å². The van der Waals surface area contributed by atoms with Crippen LogP contribution in [0.3, 0.4) is 0 Å². The van der Waals surface area contributed by atoms with Crippen LogP contribution in [0.4, 0.5) is 11.6 Å². The van der Waals surface area contributed by atoms with Crippen molar-refractivity contribution in [1.29, 1.82) is 5.26 Å². The molecule has 7 nitrogen and oxygen atoms in total. The van der Waals surface area contributed by atoms with Gasteiger partial charge in [-0.3, -0.25) is 4.98 Å². The Morgan fingerprint density at radius 2 is 1.74 bits per heavy atom. The summed E-state index contributed by atoms with van der Waals surface area (Å²) in [4.78, 5) is 13.7. The number of aromatic nitrogens is 4. The SMILES string of the molecule is Cc1cc(-c2cccc3cnccc23)cc(C)c1Oc1nc(Nc2ccc(C#N)cc2)nc2ccn(C)c12. The molecule has 7 heteroatoms. The lowest BCUT2D eigenvalue weighted by atomic mass is 9.96. The molecule has 0 aliphatic rings. The molecule has 0 saturated heterocycles. The van der Waals surface area contributed by atoms with Crippen LogP contribution in [0.25, 0.3) is 32.9 Å². The normalized spacial score (nSPS) is 11.0. The molecule has 0 atom stereocenters. The summed E-state index contributed by atoms with van der Waals surface area (Å²) in [5, 5.41) is 14.6. The second kappa shape index (κ2) is 9.34. The quantitative estimate of drug-likeness (QED) is 0.271. The first kappa shape index (κ1) is 23.2. The lowest BCUT2D eigenvalue weighted by Crippen LogP contribution is -2.02. The number of benzene rings is 3. The van der Waals surface area contributed by atoms with Crippen LogP contribution in [-0.2, 0) is 7.05 Å². The number of hydrogen-bond acceptors (Lipinski definition) is 6. The van der Waals surface area contributed by atoms with Gasteiger partial charge in [0.05, 0.1) is 17.1 Å². The summed E-state index contributed by atoms with van der Waals surface area (Å²) in [6.07, 6.45) is 5.66. The van der Waals surface area contributed by atoms with Crippen LogP contribution in [0.5, 0.6) is 11.6 Å². The molecule has 3 aromatic carbocycles. The molecule has 0 unspecified atom stereocenters. The Morgan fingerprint density at radius 3 is 2.50 bits per heavy atom. The molecule has 0 aliphatic carbocycles. The van der Waals surface area contributed by atoms with Crippen molar-refractivity contribution in [2.75, 3.05) is 5.32 Å². The summed E-state index contributed by atoms with van der Waals surface area (Å²) < 4.78 is 8.48. The summed E-state index contributed by atoms with van der Waals surface area (Å²) in [5.41, 5.74) is 7.25. The Hall–Kier alpha value is -5.22. The molecular weight excluding hydrogens is 472 g/mol. The number of anilines is 2. The van der Waals surface area contributed by atoms with Gasteiger partial charge < -0.3 is 14.6 Å². The van der Waals surface area contributed by atoms with Gasteiger partial charge in [0.25, 0.3) is 0 Å². The maximum Gasteiger partial charge on any atom is 0.249 e. The molecule has 38 heavy (non-hydrogen) atoms. The van der Waals surface area contributed by atoms with Gasteiger partial charge in [0, 0.05) is 36.7 Å². The maximum absolute atomic E-state index is 9.07. The van der Waals surface area contributed by atoms with Crippen LogP contribution in [-0.4, -0.2) is 19.5 Å². The molecule has 0 amide bonds. The van der Waals surface area contributed by atoms with Crippen molar-refractivity contribution < 1.29 is 4.74 Å². The van der Waals surface area contributed by atoms with Crippen LogP contribution in [0.15, 0.2) is 85.3 Å². The number of pyridine rings is 1. The number of nitrogens with zero attached hydrogens (tertiary/aromatic N) is 5. The minimum atomic E-state index is 0.416. The highest BCUT2D eigenvalue weighted by Gasteiger charge is 2.17. The second-order valence-electron chi connectivity index (χ2n) is 9.27. The fraction of sp³-hybridized carbons (Fsp3) is 0.0968. The molecular formula is C31H24N6O. The smallest absolute Gasteiger partial charge is 0.249 e. The average molecular weight is 497 g/mol. The van der Waals surface area contributed by atoms with E-state index in [-0.39, 0.29) is 0 Å². The van der Waals surface area contributed by atoms with Crippen molar-refractivity contribution in [2.24, 2.45) is 7.05 Å². The van der Waals surface area contributed by atoms with Gasteiger partial charge in [-0.05, 0) is 90.0 Å². The molecule has 0 aliphatic heterocycles.